The van der Waals surface area contributed by atoms with Gasteiger partial charge in [-0.1, -0.05) is 24.3 Å². The molecule has 1 rings (SSSR count). The zero-order chi connectivity index (χ0) is 10.6. The monoisotopic (exact) mass is 199 g/mol. The number of rotatable bonds is 4. The highest BCUT2D eigenvalue weighted by atomic mass is 19.3. The molecule has 1 N–H and O–H groups in total. The smallest absolute Gasteiger partial charge is 0.263 e. The summed E-state index contributed by atoms with van der Waals surface area (Å²) < 4.78 is 24.4. The lowest BCUT2D eigenvalue weighted by Gasteiger charge is -2.10. The third-order valence-electron chi connectivity index (χ3n) is 2.01. The zero-order valence-corrected chi connectivity index (χ0v) is 7.71. The SMILES string of the molecule is C[C@@H](NC=O)c1ccc(C(F)F)cc1. The molecule has 1 amide bonds. The minimum absolute atomic E-state index is 0.00736. The molecule has 0 bridgehead atoms. The summed E-state index contributed by atoms with van der Waals surface area (Å²) >= 11 is 0. The highest BCUT2D eigenvalue weighted by Crippen LogP contribution is 2.20. The molecule has 0 aliphatic carbocycles. The van der Waals surface area contributed by atoms with Crippen molar-refractivity contribution in [1.29, 1.82) is 0 Å². The third-order valence-corrected chi connectivity index (χ3v) is 2.01. The van der Waals surface area contributed by atoms with E-state index in [1.807, 2.05) is 0 Å². The van der Waals surface area contributed by atoms with E-state index < -0.39 is 6.43 Å². The highest BCUT2D eigenvalue weighted by Gasteiger charge is 2.08. The van der Waals surface area contributed by atoms with Crippen molar-refractivity contribution in [2.75, 3.05) is 0 Å². The molecule has 0 unspecified atom stereocenters. The molecule has 0 saturated heterocycles. The Hall–Kier alpha value is -1.45. The molecule has 2 nitrogen and oxygen atoms in total. The van der Waals surface area contributed by atoms with Gasteiger partial charge in [-0.15, -0.1) is 0 Å². The van der Waals surface area contributed by atoms with Crippen molar-refractivity contribution < 1.29 is 13.6 Å². The number of hydrogen-bond donors (Lipinski definition) is 1. The minimum atomic E-state index is -2.45. The van der Waals surface area contributed by atoms with Gasteiger partial charge in [-0.3, -0.25) is 4.79 Å². The summed E-state index contributed by atoms with van der Waals surface area (Å²) in [5, 5.41) is 2.54. The van der Waals surface area contributed by atoms with E-state index in [-0.39, 0.29) is 11.6 Å². The maximum Gasteiger partial charge on any atom is 0.263 e. The molecule has 0 fully saturated rings. The second-order valence-corrected chi connectivity index (χ2v) is 2.97. The molecule has 0 aliphatic heterocycles. The molecule has 1 aromatic rings. The Labute approximate surface area is 80.9 Å². The number of halogens is 2. The van der Waals surface area contributed by atoms with E-state index in [1.165, 1.54) is 12.1 Å². The molecule has 0 saturated carbocycles. The fourth-order valence-corrected chi connectivity index (χ4v) is 1.13. The van der Waals surface area contributed by atoms with E-state index in [0.29, 0.717) is 6.41 Å². The van der Waals surface area contributed by atoms with Crippen LogP contribution >= 0.6 is 0 Å². The van der Waals surface area contributed by atoms with Crippen LogP contribution in [0.5, 0.6) is 0 Å². The largest absolute Gasteiger partial charge is 0.352 e. The summed E-state index contributed by atoms with van der Waals surface area (Å²) in [5.74, 6) is 0. The van der Waals surface area contributed by atoms with E-state index >= 15 is 0 Å². The van der Waals surface area contributed by atoms with Gasteiger partial charge in [0.05, 0.1) is 6.04 Å². The minimum Gasteiger partial charge on any atom is -0.352 e. The number of benzene rings is 1. The second-order valence-electron chi connectivity index (χ2n) is 2.97. The van der Waals surface area contributed by atoms with Crippen LogP contribution in [-0.4, -0.2) is 6.41 Å². The van der Waals surface area contributed by atoms with Crippen LogP contribution in [0.2, 0.25) is 0 Å². The maximum absolute atomic E-state index is 12.2. The van der Waals surface area contributed by atoms with Gasteiger partial charge in [0, 0.05) is 5.56 Å². The Balaban J connectivity index is 2.77. The summed E-state index contributed by atoms with van der Waals surface area (Å²) in [6.45, 7) is 1.78. The molecule has 0 spiro atoms. The van der Waals surface area contributed by atoms with Crippen molar-refractivity contribution in [2.24, 2.45) is 0 Å². The summed E-state index contributed by atoms with van der Waals surface area (Å²) in [7, 11) is 0. The number of carbonyl (C=O) groups excluding carboxylic acids is 1. The van der Waals surface area contributed by atoms with E-state index in [4.69, 9.17) is 0 Å². The first-order chi connectivity index (χ1) is 6.65. The van der Waals surface area contributed by atoms with Gasteiger partial charge in [-0.05, 0) is 12.5 Å². The lowest BCUT2D eigenvalue weighted by Crippen LogP contribution is -2.15. The Morgan fingerprint density at radius 2 is 1.71 bits per heavy atom. The van der Waals surface area contributed by atoms with Crippen molar-refractivity contribution in [3.63, 3.8) is 0 Å². The molecule has 0 aromatic heterocycles. The van der Waals surface area contributed by atoms with Gasteiger partial charge >= 0.3 is 0 Å². The predicted molar refractivity (Wildman–Crippen MR) is 49.0 cm³/mol. The Morgan fingerprint density at radius 3 is 2.14 bits per heavy atom. The maximum atomic E-state index is 12.2. The van der Waals surface area contributed by atoms with Crippen LogP contribution in [0.15, 0.2) is 24.3 Å². The quantitative estimate of drug-likeness (QED) is 0.741. The Kier molecular flexibility index (Phi) is 3.56. The number of hydrogen-bond acceptors (Lipinski definition) is 1. The van der Waals surface area contributed by atoms with Crippen molar-refractivity contribution in [1.82, 2.24) is 5.32 Å². The van der Waals surface area contributed by atoms with Crippen LogP contribution in [0, 0.1) is 0 Å². The molecule has 1 aromatic carbocycles. The van der Waals surface area contributed by atoms with E-state index in [0.717, 1.165) is 5.56 Å². The van der Waals surface area contributed by atoms with Gasteiger partial charge in [-0.25, -0.2) is 8.78 Å². The highest BCUT2D eigenvalue weighted by molar-refractivity contribution is 5.47. The molecule has 1 atom stereocenters. The number of alkyl halides is 2. The van der Waals surface area contributed by atoms with E-state index in [9.17, 15) is 13.6 Å². The van der Waals surface area contributed by atoms with Crippen molar-refractivity contribution in [3.05, 3.63) is 35.4 Å². The van der Waals surface area contributed by atoms with Crippen LogP contribution in [0.25, 0.3) is 0 Å². The average Bonchev–Trinajstić information content (AvgIpc) is 2.18. The van der Waals surface area contributed by atoms with Crippen molar-refractivity contribution in [3.8, 4) is 0 Å². The summed E-state index contributed by atoms with van der Waals surface area (Å²) in [5.41, 5.74) is 0.800. The lowest BCUT2D eigenvalue weighted by molar-refractivity contribution is -0.110. The first kappa shape index (κ1) is 10.6. The first-order valence-corrected chi connectivity index (χ1v) is 4.23. The fraction of sp³-hybridized carbons (Fsp3) is 0.300. The normalized spacial score (nSPS) is 12.6. The average molecular weight is 199 g/mol. The topological polar surface area (TPSA) is 29.1 Å². The molecule has 14 heavy (non-hydrogen) atoms. The van der Waals surface area contributed by atoms with Crippen LogP contribution in [0.4, 0.5) is 8.78 Å². The molecule has 0 radical (unpaired) electrons. The Morgan fingerprint density at radius 1 is 1.21 bits per heavy atom. The van der Waals surface area contributed by atoms with Gasteiger partial charge in [0.15, 0.2) is 0 Å². The number of carbonyl (C=O) groups is 1. The fourth-order valence-electron chi connectivity index (χ4n) is 1.13. The predicted octanol–water partition coefficient (Wildman–Crippen LogP) is 2.43. The number of nitrogens with one attached hydrogen (secondary N) is 1. The van der Waals surface area contributed by atoms with Gasteiger partial charge in [0.1, 0.15) is 0 Å². The van der Waals surface area contributed by atoms with Crippen LogP contribution in [0.3, 0.4) is 0 Å². The molecule has 0 heterocycles. The summed E-state index contributed by atoms with van der Waals surface area (Å²) in [6, 6.07) is 5.75. The van der Waals surface area contributed by atoms with Gasteiger partial charge in [0.2, 0.25) is 6.41 Å². The van der Waals surface area contributed by atoms with Gasteiger partial charge in [0.25, 0.3) is 6.43 Å². The van der Waals surface area contributed by atoms with Gasteiger partial charge in [-0.2, -0.15) is 0 Å². The first-order valence-electron chi connectivity index (χ1n) is 4.23. The Bertz CT molecular complexity index is 297. The van der Waals surface area contributed by atoms with Crippen LogP contribution < -0.4 is 5.32 Å². The molecular weight excluding hydrogens is 188 g/mol. The van der Waals surface area contributed by atoms with E-state index in [1.54, 1.807) is 19.1 Å². The van der Waals surface area contributed by atoms with E-state index in [2.05, 4.69) is 5.32 Å². The number of amides is 1. The molecule has 4 heteroatoms. The summed E-state index contributed by atoms with van der Waals surface area (Å²) in [4.78, 5) is 10.1. The molecule has 76 valence electrons. The molecular formula is C10H11F2NO. The molecule has 0 aliphatic rings. The lowest BCUT2D eigenvalue weighted by atomic mass is 10.1. The standard InChI is InChI=1S/C10H11F2NO/c1-7(13-6-14)8-2-4-9(5-3-8)10(11)12/h2-7,10H,1H3,(H,13,14)/t7-/m1/s1. The van der Waals surface area contributed by atoms with Crippen LogP contribution in [-0.2, 0) is 4.79 Å². The van der Waals surface area contributed by atoms with Crippen molar-refractivity contribution in [2.45, 2.75) is 19.4 Å². The van der Waals surface area contributed by atoms with Gasteiger partial charge < -0.3 is 5.32 Å². The van der Waals surface area contributed by atoms with Crippen LogP contribution in [0.1, 0.15) is 30.5 Å². The summed E-state index contributed by atoms with van der Waals surface area (Å²) in [6.07, 6.45) is -1.86. The second kappa shape index (κ2) is 4.69. The zero-order valence-electron chi connectivity index (χ0n) is 7.71. The van der Waals surface area contributed by atoms with Crippen molar-refractivity contribution >= 4 is 6.41 Å². The third kappa shape index (κ3) is 2.52.